The van der Waals surface area contributed by atoms with E-state index < -0.39 is 95.8 Å². The second-order valence-electron chi connectivity index (χ2n) is 17.5. The van der Waals surface area contributed by atoms with Crippen molar-refractivity contribution in [2.45, 2.75) is 179 Å². The molecule has 4 rings (SSSR count). The van der Waals surface area contributed by atoms with Crippen molar-refractivity contribution < 1.29 is 67.5 Å². The molecule has 0 aromatic rings. The molecule has 0 aromatic heterocycles. The molecule has 0 spiro atoms. The Labute approximate surface area is 334 Å². The number of rotatable bonds is 13. The summed E-state index contributed by atoms with van der Waals surface area (Å²) >= 11 is 0. The Morgan fingerprint density at radius 1 is 0.946 bits per heavy atom. The normalized spacial score (nSPS) is 45.5. The fourth-order valence-corrected chi connectivity index (χ4v) is 9.35. The molecule has 2 bridgehead atoms. The second-order valence-corrected chi connectivity index (χ2v) is 17.5. The zero-order valence-corrected chi connectivity index (χ0v) is 36.3. The topological polar surface area (TPSA) is 173 Å². The molecular weight excluding hydrogens is 730 g/mol. The van der Waals surface area contributed by atoms with E-state index in [9.17, 15) is 20.1 Å². The molecule has 4 aliphatic heterocycles. The van der Waals surface area contributed by atoms with Crippen molar-refractivity contribution in [1.29, 1.82) is 0 Å². The number of nitrogens with zero attached hydrogens (tertiary/aromatic N) is 1. The van der Waals surface area contributed by atoms with Crippen LogP contribution >= 0.6 is 0 Å². The van der Waals surface area contributed by atoms with Gasteiger partial charge in [0.05, 0.1) is 49.1 Å². The minimum atomic E-state index is -1.83. The third-order valence-corrected chi connectivity index (χ3v) is 12.7. The molecule has 3 N–H and O–H groups in total. The number of cyclic esters (lactones) is 1. The van der Waals surface area contributed by atoms with Gasteiger partial charge in [-0.15, -0.1) is 0 Å². The molecule has 15 nitrogen and oxygen atoms in total. The first-order valence-corrected chi connectivity index (χ1v) is 20.3. The number of carbonyl (C=O) groups excluding carboxylic acids is 1. The molecule has 0 unspecified atom stereocenters. The van der Waals surface area contributed by atoms with Crippen molar-refractivity contribution >= 4 is 5.97 Å². The number of fused-ring (bicyclic) bond motifs is 2. The van der Waals surface area contributed by atoms with Gasteiger partial charge in [0.1, 0.15) is 48.2 Å². The van der Waals surface area contributed by atoms with E-state index in [2.05, 4.69) is 0 Å². The van der Waals surface area contributed by atoms with E-state index in [4.69, 9.17) is 47.4 Å². The van der Waals surface area contributed by atoms with E-state index in [0.29, 0.717) is 31.8 Å². The Morgan fingerprint density at radius 3 is 2.23 bits per heavy atom. The van der Waals surface area contributed by atoms with Gasteiger partial charge in [0.15, 0.2) is 12.6 Å². The largest absolute Gasteiger partial charge is 0.489 e. The van der Waals surface area contributed by atoms with Crippen LogP contribution in [0.4, 0.5) is 0 Å². The van der Waals surface area contributed by atoms with Gasteiger partial charge in [-0.05, 0) is 81.0 Å². The average Bonchev–Trinajstić information content (AvgIpc) is 3.45. The van der Waals surface area contributed by atoms with Crippen LogP contribution in [0.15, 0.2) is 11.3 Å². The molecule has 0 radical (unpaired) electrons. The molecule has 3 saturated heterocycles. The SMILES string of the molecule is CC[C@H]1OC(=O)[C@H](C)[C@@H](O[C@H]2C[C@@](C)(OC)[C@@H](OCOCCOC)[C@H](C)O2)[C@H](C)[C@@H](O[C@@H]2O[C@H](C)C[C@H](N(C)C)[C@H]2O)[C@@]2(C)CC(C)=C(O2)[C@H](C)[C@@H](O)[C@]1(C)O. The molecule has 15 heteroatoms. The van der Waals surface area contributed by atoms with E-state index in [-0.39, 0.29) is 31.8 Å². The maximum Gasteiger partial charge on any atom is 0.311 e. The number of methoxy groups -OCH3 is 2. The zero-order chi connectivity index (χ0) is 41.9. The highest BCUT2D eigenvalue weighted by molar-refractivity contribution is 5.73. The monoisotopic (exact) mass is 804 g/mol. The molecule has 0 saturated carbocycles. The Balaban J connectivity index is 1.77. The van der Waals surface area contributed by atoms with E-state index in [1.54, 1.807) is 35.0 Å². The summed E-state index contributed by atoms with van der Waals surface area (Å²) in [5.41, 5.74) is -2.90. The second kappa shape index (κ2) is 19.3. The molecule has 56 heavy (non-hydrogen) atoms. The van der Waals surface area contributed by atoms with Gasteiger partial charge in [0, 0.05) is 44.9 Å². The van der Waals surface area contributed by atoms with Crippen LogP contribution in [0.3, 0.4) is 0 Å². The summed E-state index contributed by atoms with van der Waals surface area (Å²) in [6.07, 6.45) is -6.80. The fourth-order valence-electron chi connectivity index (χ4n) is 9.35. The molecule has 17 atom stereocenters. The van der Waals surface area contributed by atoms with Crippen molar-refractivity contribution in [1.82, 2.24) is 4.90 Å². The molecule has 0 aromatic carbocycles. The van der Waals surface area contributed by atoms with Crippen molar-refractivity contribution in [3.05, 3.63) is 11.3 Å². The number of carbonyl (C=O) groups is 1. The maximum atomic E-state index is 14.3. The number of likely N-dealkylation sites (N-methyl/N-ethyl adjacent to an activating group) is 1. The van der Waals surface area contributed by atoms with Crippen LogP contribution in [-0.4, -0.2) is 159 Å². The van der Waals surface area contributed by atoms with Crippen LogP contribution in [0, 0.1) is 17.8 Å². The predicted molar refractivity (Wildman–Crippen MR) is 205 cm³/mol. The fraction of sp³-hybridized carbons (Fsp3) is 0.927. The Morgan fingerprint density at radius 2 is 1.62 bits per heavy atom. The van der Waals surface area contributed by atoms with Gasteiger partial charge in [-0.25, -0.2) is 0 Å². The van der Waals surface area contributed by atoms with E-state index in [1.165, 1.54) is 6.92 Å². The Hall–Kier alpha value is -1.47. The van der Waals surface area contributed by atoms with Crippen LogP contribution in [0.1, 0.15) is 94.9 Å². The minimum absolute atomic E-state index is 0.0137. The minimum Gasteiger partial charge on any atom is -0.489 e. The maximum absolute atomic E-state index is 14.3. The summed E-state index contributed by atoms with van der Waals surface area (Å²) in [6, 6.07) is -0.241. The van der Waals surface area contributed by atoms with Crippen molar-refractivity contribution in [3.63, 3.8) is 0 Å². The standard InChI is InChI=1S/C41H73NO14/c1-15-29-41(10,46)34(44)24(4)32-22(2)19-40(9,56-32)35(55-38-31(43)28(42(11)12)18-23(3)51-38)25(5)33(26(6)37(45)53-29)54-30-20-39(8,48-14)36(27(7)52-30)50-21-49-17-16-47-13/h23-31,33-36,38,43-44,46H,15-21H2,1-14H3/t23-,24+,25+,26-,27+,28+,29-,30+,31-,33+,34-,35-,36+,38+,39-,40-,41-/m1/s1. The van der Waals surface area contributed by atoms with Gasteiger partial charge >= 0.3 is 5.97 Å². The highest BCUT2D eigenvalue weighted by atomic mass is 16.7. The predicted octanol–water partition coefficient (Wildman–Crippen LogP) is 3.54. The number of hydrogen-bond donors (Lipinski definition) is 3. The van der Waals surface area contributed by atoms with Gasteiger partial charge in [0.25, 0.3) is 0 Å². The number of ether oxygens (including phenoxy) is 10. The summed E-state index contributed by atoms with van der Waals surface area (Å²) in [5.74, 6) is -2.32. The molecule has 4 heterocycles. The lowest BCUT2D eigenvalue weighted by atomic mass is 9.78. The van der Waals surface area contributed by atoms with Crippen LogP contribution in [-0.2, 0) is 52.2 Å². The molecule has 0 aliphatic carbocycles. The molecule has 0 amide bonds. The Bertz CT molecular complexity index is 1310. The van der Waals surface area contributed by atoms with Gasteiger partial charge < -0.3 is 67.6 Å². The van der Waals surface area contributed by atoms with Crippen molar-refractivity contribution in [3.8, 4) is 0 Å². The summed E-state index contributed by atoms with van der Waals surface area (Å²) < 4.78 is 62.5. The number of aliphatic hydroxyl groups excluding tert-OH is 2. The first kappa shape index (κ1) is 47.2. The third kappa shape index (κ3) is 10.1. The summed E-state index contributed by atoms with van der Waals surface area (Å²) in [5, 5.41) is 35.2. The van der Waals surface area contributed by atoms with Crippen LogP contribution in [0.2, 0.25) is 0 Å². The van der Waals surface area contributed by atoms with E-state index in [0.717, 1.165) is 5.57 Å². The first-order chi connectivity index (χ1) is 26.1. The van der Waals surface area contributed by atoms with Crippen molar-refractivity contribution in [2.75, 3.05) is 48.3 Å². The first-order valence-electron chi connectivity index (χ1n) is 20.3. The summed E-state index contributed by atoms with van der Waals surface area (Å²) in [4.78, 5) is 16.3. The molecule has 3 fully saturated rings. The van der Waals surface area contributed by atoms with E-state index in [1.807, 2.05) is 60.5 Å². The number of aliphatic hydroxyl groups is 3. The lowest BCUT2D eigenvalue weighted by Gasteiger charge is -2.49. The summed E-state index contributed by atoms with van der Waals surface area (Å²) in [6.45, 7) is 19.2. The summed E-state index contributed by atoms with van der Waals surface area (Å²) in [7, 11) is 7.04. The quantitative estimate of drug-likeness (QED) is 0.140. The average molecular weight is 804 g/mol. The van der Waals surface area contributed by atoms with Crippen LogP contribution in [0.5, 0.6) is 0 Å². The van der Waals surface area contributed by atoms with E-state index >= 15 is 0 Å². The number of hydrogen-bond acceptors (Lipinski definition) is 15. The van der Waals surface area contributed by atoms with Gasteiger partial charge in [-0.3, -0.25) is 4.79 Å². The molecule has 326 valence electrons. The van der Waals surface area contributed by atoms with Crippen molar-refractivity contribution in [2.24, 2.45) is 17.8 Å². The van der Waals surface area contributed by atoms with Crippen LogP contribution in [0.25, 0.3) is 0 Å². The lowest BCUT2D eigenvalue weighted by Crippen LogP contribution is -2.60. The molecular formula is C41H73NO14. The molecule has 4 aliphatic rings. The Kier molecular flexibility index (Phi) is 16.3. The smallest absolute Gasteiger partial charge is 0.311 e. The third-order valence-electron chi connectivity index (χ3n) is 12.7. The highest BCUT2D eigenvalue weighted by Gasteiger charge is 2.56. The number of esters is 1. The highest BCUT2D eigenvalue weighted by Crippen LogP contribution is 2.47. The van der Waals surface area contributed by atoms with Gasteiger partial charge in [-0.1, -0.05) is 20.8 Å². The lowest BCUT2D eigenvalue weighted by molar-refractivity contribution is -0.324. The van der Waals surface area contributed by atoms with Gasteiger partial charge in [-0.2, -0.15) is 0 Å². The van der Waals surface area contributed by atoms with Crippen LogP contribution < -0.4 is 0 Å². The zero-order valence-electron chi connectivity index (χ0n) is 36.3. The van der Waals surface area contributed by atoms with Gasteiger partial charge in [0.2, 0.25) is 0 Å².